The SMILES string of the molecule is CC(Nc1c(F)cc(Br)cc1F)c1ccc(F)cc1Br. The second kappa shape index (κ2) is 6.18. The molecule has 6 heteroatoms. The van der Waals surface area contributed by atoms with Crippen LogP contribution in [0.2, 0.25) is 0 Å². The van der Waals surface area contributed by atoms with E-state index in [9.17, 15) is 13.2 Å². The number of benzene rings is 2. The van der Waals surface area contributed by atoms with Crippen LogP contribution in [0.15, 0.2) is 39.3 Å². The van der Waals surface area contributed by atoms with E-state index in [1.54, 1.807) is 13.0 Å². The van der Waals surface area contributed by atoms with E-state index < -0.39 is 17.7 Å². The van der Waals surface area contributed by atoms with Crippen LogP contribution in [0.25, 0.3) is 0 Å². The minimum Gasteiger partial charge on any atom is -0.374 e. The van der Waals surface area contributed by atoms with Crippen LogP contribution in [0.4, 0.5) is 18.9 Å². The van der Waals surface area contributed by atoms with Crippen molar-refractivity contribution in [3.8, 4) is 0 Å². The van der Waals surface area contributed by atoms with Gasteiger partial charge in [0.25, 0.3) is 0 Å². The Morgan fingerprint density at radius 1 is 1.00 bits per heavy atom. The molecule has 0 fully saturated rings. The molecular formula is C14H10Br2F3N. The van der Waals surface area contributed by atoms with Crippen LogP contribution >= 0.6 is 31.9 Å². The Bertz CT molecular complexity index is 623. The van der Waals surface area contributed by atoms with Gasteiger partial charge in [0.2, 0.25) is 0 Å². The molecule has 106 valence electrons. The molecule has 1 N–H and O–H groups in total. The predicted octanol–water partition coefficient (Wildman–Crippen LogP) is 5.80. The summed E-state index contributed by atoms with van der Waals surface area (Å²) in [6, 6.07) is 6.13. The van der Waals surface area contributed by atoms with E-state index in [0.29, 0.717) is 14.5 Å². The van der Waals surface area contributed by atoms with Crippen molar-refractivity contribution in [1.29, 1.82) is 0 Å². The molecule has 0 radical (unpaired) electrons. The van der Waals surface area contributed by atoms with Crippen LogP contribution in [0.1, 0.15) is 18.5 Å². The minimum atomic E-state index is -0.693. The maximum absolute atomic E-state index is 13.7. The van der Waals surface area contributed by atoms with Gasteiger partial charge in [-0.25, -0.2) is 13.2 Å². The van der Waals surface area contributed by atoms with Crippen LogP contribution in [0.3, 0.4) is 0 Å². The Kier molecular flexibility index (Phi) is 4.75. The lowest BCUT2D eigenvalue weighted by Crippen LogP contribution is -2.10. The van der Waals surface area contributed by atoms with E-state index in [-0.39, 0.29) is 11.5 Å². The summed E-state index contributed by atoms with van der Waals surface area (Å²) in [6.45, 7) is 1.74. The molecule has 0 aliphatic heterocycles. The van der Waals surface area contributed by atoms with Crippen molar-refractivity contribution in [2.45, 2.75) is 13.0 Å². The number of hydrogen-bond acceptors (Lipinski definition) is 1. The summed E-state index contributed by atoms with van der Waals surface area (Å²) in [7, 11) is 0. The summed E-state index contributed by atoms with van der Waals surface area (Å²) < 4.78 is 41.4. The fraction of sp³-hybridized carbons (Fsp3) is 0.143. The Hall–Kier alpha value is -1.01. The van der Waals surface area contributed by atoms with Crippen molar-refractivity contribution in [1.82, 2.24) is 0 Å². The Morgan fingerprint density at radius 2 is 1.60 bits per heavy atom. The molecule has 0 saturated heterocycles. The zero-order valence-electron chi connectivity index (χ0n) is 10.4. The molecule has 0 heterocycles. The molecule has 2 aromatic carbocycles. The highest BCUT2D eigenvalue weighted by Gasteiger charge is 2.16. The summed E-state index contributed by atoms with van der Waals surface area (Å²) in [6.07, 6.45) is 0. The average Bonchev–Trinajstić information content (AvgIpc) is 2.33. The standard InChI is InChI=1S/C14H10Br2F3N/c1-7(10-3-2-9(17)6-11(10)16)20-14-12(18)4-8(15)5-13(14)19/h2-7,20H,1H3. The van der Waals surface area contributed by atoms with Gasteiger partial charge in [-0.15, -0.1) is 0 Å². The number of anilines is 1. The highest BCUT2D eigenvalue weighted by Crippen LogP contribution is 2.30. The molecule has 0 bridgehead atoms. The van der Waals surface area contributed by atoms with Gasteiger partial charge in [-0.05, 0) is 36.8 Å². The van der Waals surface area contributed by atoms with Crippen LogP contribution in [-0.4, -0.2) is 0 Å². The van der Waals surface area contributed by atoms with Crippen molar-refractivity contribution >= 4 is 37.5 Å². The summed E-state index contributed by atoms with van der Waals surface area (Å²) in [5.74, 6) is -1.77. The molecule has 0 amide bonds. The first-order chi connectivity index (χ1) is 9.38. The maximum atomic E-state index is 13.7. The normalized spacial score (nSPS) is 12.3. The molecular weight excluding hydrogens is 399 g/mol. The summed E-state index contributed by atoms with van der Waals surface area (Å²) in [5.41, 5.74) is 0.491. The third-order valence-corrected chi connectivity index (χ3v) is 3.94. The van der Waals surface area contributed by atoms with Crippen molar-refractivity contribution in [2.24, 2.45) is 0 Å². The van der Waals surface area contributed by atoms with Gasteiger partial charge in [-0.1, -0.05) is 37.9 Å². The van der Waals surface area contributed by atoms with E-state index >= 15 is 0 Å². The summed E-state index contributed by atoms with van der Waals surface area (Å²) in [4.78, 5) is 0. The zero-order chi connectivity index (χ0) is 14.9. The van der Waals surface area contributed by atoms with E-state index in [2.05, 4.69) is 37.2 Å². The van der Waals surface area contributed by atoms with Crippen molar-refractivity contribution < 1.29 is 13.2 Å². The quantitative estimate of drug-likeness (QED) is 0.676. The topological polar surface area (TPSA) is 12.0 Å². The lowest BCUT2D eigenvalue weighted by Gasteiger charge is -2.18. The monoisotopic (exact) mass is 407 g/mol. The first kappa shape index (κ1) is 15.4. The molecule has 1 nitrogen and oxygen atoms in total. The number of rotatable bonds is 3. The molecule has 20 heavy (non-hydrogen) atoms. The number of hydrogen-bond donors (Lipinski definition) is 1. The largest absolute Gasteiger partial charge is 0.374 e. The highest BCUT2D eigenvalue weighted by atomic mass is 79.9. The van der Waals surface area contributed by atoms with Gasteiger partial charge in [0.15, 0.2) is 0 Å². The summed E-state index contributed by atoms with van der Waals surface area (Å²) >= 11 is 6.26. The lowest BCUT2D eigenvalue weighted by atomic mass is 10.1. The Morgan fingerprint density at radius 3 is 2.15 bits per heavy atom. The van der Waals surface area contributed by atoms with Crippen LogP contribution in [0.5, 0.6) is 0 Å². The molecule has 2 rings (SSSR count). The highest BCUT2D eigenvalue weighted by molar-refractivity contribution is 9.10. The van der Waals surface area contributed by atoms with E-state index in [4.69, 9.17) is 0 Å². The molecule has 0 spiro atoms. The van der Waals surface area contributed by atoms with Crippen LogP contribution in [0, 0.1) is 17.5 Å². The van der Waals surface area contributed by atoms with Gasteiger partial charge in [-0.3, -0.25) is 0 Å². The lowest BCUT2D eigenvalue weighted by molar-refractivity contribution is 0.582. The minimum absolute atomic E-state index is 0.211. The molecule has 1 atom stereocenters. The van der Waals surface area contributed by atoms with Gasteiger partial charge in [0, 0.05) is 15.0 Å². The van der Waals surface area contributed by atoms with Gasteiger partial charge in [0.05, 0.1) is 0 Å². The summed E-state index contributed by atoms with van der Waals surface area (Å²) in [5, 5.41) is 2.76. The van der Waals surface area contributed by atoms with E-state index in [1.807, 2.05) is 0 Å². The van der Waals surface area contributed by atoms with Crippen LogP contribution < -0.4 is 5.32 Å². The number of halogens is 5. The van der Waals surface area contributed by atoms with E-state index in [0.717, 1.165) is 0 Å². The predicted molar refractivity (Wildman–Crippen MR) is 80.2 cm³/mol. The number of nitrogens with one attached hydrogen (secondary N) is 1. The fourth-order valence-electron chi connectivity index (χ4n) is 1.83. The van der Waals surface area contributed by atoms with Crippen LogP contribution in [-0.2, 0) is 0 Å². The molecule has 0 aliphatic rings. The second-order valence-electron chi connectivity index (χ2n) is 4.28. The third kappa shape index (κ3) is 3.35. The first-order valence-electron chi connectivity index (χ1n) is 5.74. The Balaban J connectivity index is 2.30. The maximum Gasteiger partial charge on any atom is 0.150 e. The third-order valence-electron chi connectivity index (χ3n) is 2.80. The Labute approximate surface area is 131 Å². The van der Waals surface area contributed by atoms with Crippen molar-refractivity contribution in [3.63, 3.8) is 0 Å². The molecule has 1 unspecified atom stereocenters. The van der Waals surface area contributed by atoms with Gasteiger partial charge < -0.3 is 5.32 Å². The second-order valence-corrected chi connectivity index (χ2v) is 6.05. The van der Waals surface area contributed by atoms with Gasteiger partial charge in [0.1, 0.15) is 23.1 Å². The first-order valence-corrected chi connectivity index (χ1v) is 7.33. The molecule has 0 saturated carbocycles. The zero-order valence-corrected chi connectivity index (χ0v) is 13.5. The van der Waals surface area contributed by atoms with Crippen molar-refractivity contribution in [3.05, 3.63) is 62.3 Å². The average molecular weight is 409 g/mol. The van der Waals surface area contributed by atoms with Gasteiger partial charge in [-0.2, -0.15) is 0 Å². The van der Waals surface area contributed by atoms with E-state index in [1.165, 1.54) is 24.3 Å². The molecule has 2 aromatic rings. The molecule has 0 aliphatic carbocycles. The fourth-order valence-corrected chi connectivity index (χ4v) is 2.92. The van der Waals surface area contributed by atoms with Crippen molar-refractivity contribution in [2.75, 3.05) is 5.32 Å². The van der Waals surface area contributed by atoms with Gasteiger partial charge >= 0.3 is 0 Å². The smallest absolute Gasteiger partial charge is 0.150 e. The molecule has 0 aromatic heterocycles.